The Balaban J connectivity index is 2.15. The van der Waals surface area contributed by atoms with Crippen LogP contribution >= 0.6 is 0 Å². The third-order valence-corrected chi connectivity index (χ3v) is 4.99. The van der Waals surface area contributed by atoms with Gasteiger partial charge in [-0.3, -0.25) is 4.79 Å². The minimum atomic E-state index is -3.70. The Labute approximate surface area is 118 Å². The van der Waals surface area contributed by atoms with Gasteiger partial charge in [0.15, 0.2) is 0 Å². The third kappa shape index (κ3) is 3.36. The summed E-state index contributed by atoms with van der Waals surface area (Å²) in [5.41, 5.74) is 5.35. The van der Waals surface area contributed by atoms with Crippen LogP contribution in [0.15, 0.2) is 29.2 Å². The van der Waals surface area contributed by atoms with E-state index in [1.165, 1.54) is 24.3 Å². The second-order valence-corrected chi connectivity index (χ2v) is 6.68. The van der Waals surface area contributed by atoms with Gasteiger partial charge < -0.3 is 10.8 Å². The topological polar surface area (TPSA) is 109 Å². The number of nitrogens with two attached hydrogens (primary N) is 1. The first-order valence-corrected chi connectivity index (χ1v) is 7.99. The number of primary amides is 1. The van der Waals surface area contributed by atoms with Crippen LogP contribution in [0, 0.1) is 0 Å². The summed E-state index contributed by atoms with van der Waals surface area (Å²) >= 11 is 0. The predicted octanol–water partition coefficient (Wildman–Crippen LogP) is 0.367. The summed E-state index contributed by atoms with van der Waals surface area (Å²) in [7, 11) is -3.70. The molecule has 0 spiro atoms. The monoisotopic (exact) mass is 298 g/mol. The molecule has 0 aliphatic heterocycles. The average molecular weight is 298 g/mol. The van der Waals surface area contributed by atoms with Gasteiger partial charge in [-0.15, -0.1) is 0 Å². The first kappa shape index (κ1) is 15.0. The van der Waals surface area contributed by atoms with Gasteiger partial charge in [-0.1, -0.05) is 12.8 Å². The Morgan fingerprint density at radius 3 is 2.35 bits per heavy atom. The fraction of sp³-hybridized carbons (Fsp3) is 0.462. The number of benzene rings is 1. The Bertz CT molecular complexity index is 583. The fourth-order valence-electron chi connectivity index (χ4n) is 2.31. The van der Waals surface area contributed by atoms with E-state index >= 15 is 0 Å². The van der Waals surface area contributed by atoms with E-state index < -0.39 is 28.1 Å². The van der Waals surface area contributed by atoms with Gasteiger partial charge in [-0.05, 0) is 37.1 Å². The molecule has 4 N–H and O–H groups in total. The quantitative estimate of drug-likeness (QED) is 0.745. The highest BCUT2D eigenvalue weighted by Gasteiger charge is 2.28. The first-order valence-electron chi connectivity index (χ1n) is 6.50. The summed E-state index contributed by atoms with van der Waals surface area (Å²) in [4.78, 5) is 11.0. The van der Waals surface area contributed by atoms with Crippen molar-refractivity contribution in [3.05, 3.63) is 29.8 Å². The summed E-state index contributed by atoms with van der Waals surface area (Å²) in [6, 6.07) is 4.95. The molecule has 1 aliphatic rings. The molecule has 1 aromatic carbocycles. The molecular weight excluding hydrogens is 280 g/mol. The largest absolute Gasteiger partial charge is 0.391 e. The summed E-state index contributed by atoms with van der Waals surface area (Å²) in [5.74, 6) is -0.607. The smallest absolute Gasteiger partial charge is 0.248 e. The summed E-state index contributed by atoms with van der Waals surface area (Å²) in [6.45, 7) is 0. The Kier molecular flexibility index (Phi) is 4.42. The van der Waals surface area contributed by atoms with Gasteiger partial charge >= 0.3 is 0 Å². The number of rotatable bonds is 4. The van der Waals surface area contributed by atoms with Gasteiger partial charge in [0, 0.05) is 11.6 Å². The minimum absolute atomic E-state index is 0.0558. The average Bonchev–Trinajstić information content (AvgIpc) is 2.41. The molecule has 110 valence electrons. The number of nitrogens with one attached hydrogen (secondary N) is 1. The number of aliphatic hydroxyl groups excluding tert-OH is 1. The summed E-state index contributed by atoms with van der Waals surface area (Å²) in [6.07, 6.45) is 2.38. The van der Waals surface area contributed by atoms with Crippen LogP contribution in [0.1, 0.15) is 36.0 Å². The second-order valence-electron chi connectivity index (χ2n) is 4.97. The zero-order valence-electron chi connectivity index (χ0n) is 11.0. The van der Waals surface area contributed by atoms with Crippen LogP contribution in [0.2, 0.25) is 0 Å². The number of hydrogen-bond acceptors (Lipinski definition) is 4. The van der Waals surface area contributed by atoms with Gasteiger partial charge in [0.1, 0.15) is 0 Å². The normalized spacial score (nSPS) is 23.4. The maximum Gasteiger partial charge on any atom is 0.248 e. The Morgan fingerprint density at radius 1 is 1.20 bits per heavy atom. The van der Waals surface area contributed by atoms with Crippen molar-refractivity contribution in [2.75, 3.05) is 0 Å². The van der Waals surface area contributed by atoms with Crippen LogP contribution in [-0.4, -0.2) is 31.6 Å². The molecule has 0 bridgehead atoms. The van der Waals surface area contributed by atoms with Crippen LogP contribution < -0.4 is 10.5 Å². The number of aliphatic hydroxyl groups is 1. The molecule has 2 atom stereocenters. The van der Waals surface area contributed by atoms with E-state index in [0.29, 0.717) is 12.8 Å². The van der Waals surface area contributed by atoms with Crippen molar-refractivity contribution in [1.29, 1.82) is 0 Å². The highest BCUT2D eigenvalue weighted by molar-refractivity contribution is 7.89. The maximum absolute atomic E-state index is 12.2. The fourth-order valence-corrected chi connectivity index (χ4v) is 3.62. The van der Waals surface area contributed by atoms with E-state index in [0.717, 1.165) is 12.8 Å². The lowest BCUT2D eigenvalue weighted by Gasteiger charge is -2.28. The van der Waals surface area contributed by atoms with Gasteiger partial charge in [-0.25, -0.2) is 13.1 Å². The van der Waals surface area contributed by atoms with Crippen molar-refractivity contribution in [3.8, 4) is 0 Å². The zero-order valence-corrected chi connectivity index (χ0v) is 11.8. The lowest BCUT2D eigenvalue weighted by atomic mass is 9.93. The first-order chi connectivity index (χ1) is 9.40. The van der Waals surface area contributed by atoms with Crippen LogP contribution in [0.4, 0.5) is 0 Å². The minimum Gasteiger partial charge on any atom is -0.391 e. The van der Waals surface area contributed by atoms with E-state index in [4.69, 9.17) is 5.73 Å². The van der Waals surface area contributed by atoms with Crippen molar-refractivity contribution in [1.82, 2.24) is 4.72 Å². The van der Waals surface area contributed by atoms with Gasteiger partial charge in [0.25, 0.3) is 0 Å². The number of sulfonamides is 1. The van der Waals surface area contributed by atoms with Crippen LogP contribution in [-0.2, 0) is 10.0 Å². The van der Waals surface area contributed by atoms with Gasteiger partial charge in [0.05, 0.1) is 11.0 Å². The summed E-state index contributed by atoms with van der Waals surface area (Å²) in [5, 5.41) is 9.81. The maximum atomic E-state index is 12.2. The molecule has 0 radical (unpaired) electrons. The van der Waals surface area contributed by atoms with Crippen LogP contribution in [0.5, 0.6) is 0 Å². The van der Waals surface area contributed by atoms with Gasteiger partial charge in [0.2, 0.25) is 15.9 Å². The molecule has 2 rings (SSSR count). The predicted molar refractivity (Wildman–Crippen MR) is 73.5 cm³/mol. The molecule has 1 amide bonds. The van der Waals surface area contributed by atoms with Crippen molar-refractivity contribution in [3.63, 3.8) is 0 Å². The van der Waals surface area contributed by atoms with E-state index in [1.54, 1.807) is 0 Å². The molecule has 7 heteroatoms. The van der Waals surface area contributed by atoms with E-state index in [9.17, 15) is 18.3 Å². The van der Waals surface area contributed by atoms with E-state index in [-0.39, 0.29) is 10.5 Å². The highest BCUT2D eigenvalue weighted by Crippen LogP contribution is 2.20. The van der Waals surface area contributed by atoms with Crippen molar-refractivity contribution in [2.45, 2.75) is 42.7 Å². The molecule has 0 heterocycles. The van der Waals surface area contributed by atoms with Gasteiger partial charge in [-0.2, -0.15) is 0 Å². The summed E-state index contributed by atoms with van der Waals surface area (Å²) < 4.78 is 26.9. The number of carbonyl (C=O) groups is 1. The number of amides is 1. The van der Waals surface area contributed by atoms with Crippen LogP contribution in [0.25, 0.3) is 0 Å². The standard InChI is InChI=1S/C13H18N2O4S/c14-13(17)9-5-7-10(8-6-9)20(18,19)15-11-3-1-2-4-12(11)16/h5-8,11-12,15-16H,1-4H2,(H2,14,17)/t11-,12-/m1/s1. The number of hydrogen-bond donors (Lipinski definition) is 3. The second kappa shape index (κ2) is 5.90. The lowest BCUT2D eigenvalue weighted by molar-refractivity contribution is 0.1000. The van der Waals surface area contributed by atoms with Crippen molar-refractivity contribution < 1.29 is 18.3 Å². The highest BCUT2D eigenvalue weighted by atomic mass is 32.2. The van der Waals surface area contributed by atoms with Crippen molar-refractivity contribution >= 4 is 15.9 Å². The van der Waals surface area contributed by atoms with E-state index in [1.807, 2.05) is 0 Å². The molecule has 1 fully saturated rings. The molecular formula is C13H18N2O4S. The molecule has 1 aliphatic carbocycles. The van der Waals surface area contributed by atoms with E-state index in [2.05, 4.69) is 4.72 Å². The molecule has 0 unspecified atom stereocenters. The SMILES string of the molecule is NC(=O)c1ccc(S(=O)(=O)N[C@@H]2CCCC[C@H]2O)cc1. The number of carbonyl (C=O) groups excluding carboxylic acids is 1. The third-order valence-electron chi connectivity index (χ3n) is 3.49. The molecule has 20 heavy (non-hydrogen) atoms. The lowest BCUT2D eigenvalue weighted by Crippen LogP contribution is -2.44. The molecule has 0 saturated heterocycles. The Hall–Kier alpha value is -1.44. The van der Waals surface area contributed by atoms with Crippen LogP contribution in [0.3, 0.4) is 0 Å². The Morgan fingerprint density at radius 2 is 1.80 bits per heavy atom. The zero-order chi connectivity index (χ0) is 14.8. The van der Waals surface area contributed by atoms with Crippen molar-refractivity contribution in [2.24, 2.45) is 5.73 Å². The molecule has 1 saturated carbocycles. The molecule has 6 nitrogen and oxygen atoms in total. The molecule has 1 aromatic rings. The molecule has 0 aromatic heterocycles.